The van der Waals surface area contributed by atoms with Gasteiger partial charge in [-0.05, 0) is 36.6 Å². The van der Waals surface area contributed by atoms with E-state index in [4.69, 9.17) is 9.47 Å². The number of thiazole rings is 1. The number of carbonyl (C=O) groups excluding carboxylic acids is 1. The lowest BCUT2D eigenvalue weighted by Crippen LogP contribution is -2.38. The average Bonchev–Trinajstić information content (AvgIpc) is 3.12. The first-order valence-corrected chi connectivity index (χ1v) is 10.4. The Morgan fingerprint density at radius 2 is 2.12 bits per heavy atom. The van der Waals surface area contributed by atoms with Gasteiger partial charge in [0.1, 0.15) is 5.01 Å². The Labute approximate surface area is 161 Å². The number of methoxy groups -OCH3 is 2. The molecule has 2 N–H and O–H groups in total. The molecule has 1 aromatic carbocycles. The maximum atomic E-state index is 12.2. The fourth-order valence-corrected chi connectivity index (χ4v) is 3.74. The minimum absolute atomic E-state index is 0.0553. The van der Waals surface area contributed by atoms with Crippen LogP contribution in [-0.4, -0.2) is 54.9 Å². The van der Waals surface area contributed by atoms with Crippen molar-refractivity contribution in [3.05, 3.63) is 29.3 Å². The summed E-state index contributed by atoms with van der Waals surface area (Å²) in [5.41, 5.74) is 1.62. The third-order valence-corrected chi connectivity index (χ3v) is 5.36. The van der Waals surface area contributed by atoms with Gasteiger partial charge in [0.25, 0.3) is 0 Å². The summed E-state index contributed by atoms with van der Waals surface area (Å²) in [6.07, 6.45) is 2.94. The van der Waals surface area contributed by atoms with Crippen LogP contribution < -0.4 is 14.8 Å². The van der Waals surface area contributed by atoms with Crippen LogP contribution in [0.25, 0.3) is 10.6 Å². The molecule has 0 unspecified atom stereocenters. The van der Waals surface area contributed by atoms with Crippen molar-refractivity contribution < 1.29 is 19.4 Å². The van der Waals surface area contributed by atoms with Crippen LogP contribution in [0.3, 0.4) is 0 Å². The third-order valence-electron chi connectivity index (χ3n) is 3.78. The summed E-state index contributed by atoms with van der Waals surface area (Å²) < 4.78 is 10.6. The van der Waals surface area contributed by atoms with Gasteiger partial charge in [-0.25, -0.2) is 4.98 Å². The van der Waals surface area contributed by atoms with Crippen LogP contribution >= 0.6 is 23.1 Å². The molecule has 142 valence electrons. The van der Waals surface area contributed by atoms with E-state index in [-0.39, 0.29) is 25.0 Å². The van der Waals surface area contributed by atoms with E-state index in [0.717, 1.165) is 22.7 Å². The Bertz CT molecular complexity index is 721. The van der Waals surface area contributed by atoms with Crippen LogP contribution in [0.1, 0.15) is 12.1 Å². The molecule has 2 aromatic rings. The monoisotopic (exact) mass is 396 g/mol. The fourth-order valence-electron chi connectivity index (χ4n) is 2.40. The van der Waals surface area contributed by atoms with Crippen molar-refractivity contribution in [1.29, 1.82) is 0 Å². The van der Waals surface area contributed by atoms with Gasteiger partial charge >= 0.3 is 0 Å². The standard InChI is InChI=1S/C18H24N2O4S2/c1-23-15-5-4-12(8-16(15)24-2)18-20-14(11-26-18)9-17(22)19-13(10-21)6-7-25-3/h4-5,8,11,13,21H,6-7,9-10H2,1-3H3,(H,19,22)/t13-/m1/s1. The Morgan fingerprint density at radius 1 is 1.35 bits per heavy atom. The number of rotatable bonds is 10. The number of aliphatic hydroxyl groups excluding tert-OH is 1. The van der Waals surface area contributed by atoms with Crippen LogP contribution in [0.15, 0.2) is 23.6 Å². The molecular formula is C18H24N2O4S2. The number of aromatic nitrogens is 1. The highest BCUT2D eigenvalue weighted by atomic mass is 32.2. The first-order chi connectivity index (χ1) is 12.6. The quantitative estimate of drug-likeness (QED) is 0.643. The van der Waals surface area contributed by atoms with E-state index < -0.39 is 0 Å². The van der Waals surface area contributed by atoms with Crippen molar-refractivity contribution in [2.75, 3.05) is 32.8 Å². The zero-order valence-corrected chi connectivity index (χ0v) is 16.8. The number of thioether (sulfide) groups is 1. The number of nitrogens with one attached hydrogen (secondary N) is 1. The molecule has 0 saturated carbocycles. The normalized spacial score (nSPS) is 11.8. The minimum atomic E-state index is -0.209. The van der Waals surface area contributed by atoms with Gasteiger partial charge in [0.2, 0.25) is 5.91 Å². The Morgan fingerprint density at radius 3 is 2.77 bits per heavy atom. The lowest BCUT2D eigenvalue weighted by molar-refractivity contribution is -0.121. The molecule has 1 heterocycles. The van der Waals surface area contributed by atoms with Gasteiger partial charge in [-0.1, -0.05) is 0 Å². The third kappa shape index (κ3) is 5.62. The Balaban J connectivity index is 2.02. The van der Waals surface area contributed by atoms with Crippen LogP contribution in [-0.2, 0) is 11.2 Å². The smallest absolute Gasteiger partial charge is 0.226 e. The molecule has 0 aliphatic rings. The molecule has 0 saturated heterocycles. The lowest BCUT2D eigenvalue weighted by atomic mass is 10.2. The molecular weight excluding hydrogens is 372 g/mol. The summed E-state index contributed by atoms with van der Waals surface area (Å²) in [6, 6.07) is 5.40. The molecule has 0 fully saturated rings. The second-order valence-electron chi connectivity index (χ2n) is 5.62. The largest absolute Gasteiger partial charge is 0.493 e. The average molecular weight is 397 g/mol. The summed E-state index contributed by atoms with van der Waals surface area (Å²) in [7, 11) is 3.18. The van der Waals surface area contributed by atoms with E-state index in [1.165, 1.54) is 11.3 Å². The Hall–Kier alpha value is -1.77. The van der Waals surface area contributed by atoms with Gasteiger partial charge in [-0.15, -0.1) is 11.3 Å². The predicted octanol–water partition coefficient (Wildman–Crippen LogP) is 2.60. The molecule has 1 atom stereocenters. The van der Waals surface area contributed by atoms with Crippen molar-refractivity contribution in [2.45, 2.75) is 18.9 Å². The summed E-state index contributed by atoms with van der Waals surface area (Å²) >= 11 is 3.17. The summed E-state index contributed by atoms with van der Waals surface area (Å²) in [5.74, 6) is 2.06. The van der Waals surface area contributed by atoms with Crippen LogP contribution in [0, 0.1) is 0 Å². The molecule has 0 spiro atoms. The highest BCUT2D eigenvalue weighted by Gasteiger charge is 2.14. The van der Waals surface area contributed by atoms with Crippen molar-refractivity contribution in [3.8, 4) is 22.1 Å². The number of hydrogen-bond acceptors (Lipinski definition) is 7. The topological polar surface area (TPSA) is 80.7 Å². The molecule has 0 radical (unpaired) electrons. The fraction of sp³-hybridized carbons (Fsp3) is 0.444. The number of nitrogens with zero attached hydrogens (tertiary/aromatic N) is 1. The van der Waals surface area contributed by atoms with Crippen LogP contribution in [0.2, 0.25) is 0 Å². The Kier molecular flexibility index (Phi) is 8.21. The van der Waals surface area contributed by atoms with E-state index in [1.807, 2.05) is 29.8 Å². The van der Waals surface area contributed by atoms with Crippen molar-refractivity contribution in [3.63, 3.8) is 0 Å². The second kappa shape index (κ2) is 10.4. The predicted molar refractivity (Wildman–Crippen MR) is 106 cm³/mol. The number of ether oxygens (including phenoxy) is 2. The van der Waals surface area contributed by atoms with Gasteiger partial charge in [0.15, 0.2) is 11.5 Å². The molecule has 6 nitrogen and oxygen atoms in total. The lowest BCUT2D eigenvalue weighted by Gasteiger charge is -2.15. The van der Waals surface area contributed by atoms with Crippen molar-refractivity contribution in [2.24, 2.45) is 0 Å². The van der Waals surface area contributed by atoms with Crippen LogP contribution in [0.4, 0.5) is 0 Å². The maximum absolute atomic E-state index is 12.2. The minimum Gasteiger partial charge on any atom is -0.493 e. The van der Waals surface area contributed by atoms with Gasteiger partial charge in [0.05, 0.1) is 39.0 Å². The second-order valence-corrected chi connectivity index (χ2v) is 7.46. The number of benzene rings is 1. The zero-order chi connectivity index (χ0) is 18.9. The summed E-state index contributed by atoms with van der Waals surface area (Å²) in [4.78, 5) is 16.7. The first-order valence-electron chi connectivity index (χ1n) is 8.17. The summed E-state index contributed by atoms with van der Waals surface area (Å²) in [5, 5.41) is 14.9. The molecule has 26 heavy (non-hydrogen) atoms. The molecule has 1 amide bonds. The first kappa shape index (κ1) is 20.5. The van der Waals surface area contributed by atoms with E-state index in [9.17, 15) is 9.90 Å². The van der Waals surface area contributed by atoms with Crippen molar-refractivity contribution >= 4 is 29.0 Å². The van der Waals surface area contributed by atoms with Gasteiger partial charge in [-0.3, -0.25) is 4.79 Å². The molecule has 0 aliphatic carbocycles. The molecule has 0 bridgehead atoms. The highest BCUT2D eigenvalue weighted by Crippen LogP contribution is 2.33. The molecule has 1 aromatic heterocycles. The number of carbonyl (C=O) groups is 1. The zero-order valence-electron chi connectivity index (χ0n) is 15.2. The van der Waals surface area contributed by atoms with Crippen LogP contribution in [0.5, 0.6) is 11.5 Å². The SMILES string of the molecule is COc1ccc(-c2nc(CC(=O)N[C@@H](CO)CCSC)cs2)cc1OC. The van der Waals surface area contributed by atoms with Gasteiger partial charge in [-0.2, -0.15) is 11.8 Å². The van der Waals surface area contributed by atoms with Gasteiger partial charge in [0, 0.05) is 10.9 Å². The molecule has 0 aliphatic heterocycles. The van der Waals surface area contributed by atoms with E-state index >= 15 is 0 Å². The van der Waals surface area contributed by atoms with Gasteiger partial charge < -0.3 is 19.9 Å². The number of amides is 1. The van der Waals surface area contributed by atoms with Crippen molar-refractivity contribution in [1.82, 2.24) is 10.3 Å². The van der Waals surface area contributed by atoms with E-state index in [0.29, 0.717) is 17.2 Å². The molecule has 2 rings (SSSR count). The van der Waals surface area contributed by atoms with E-state index in [2.05, 4.69) is 10.3 Å². The van der Waals surface area contributed by atoms with E-state index in [1.54, 1.807) is 26.0 Å². The summed E-state index contributed by atoms with van der Waals surface area (Å²) in [6.45, 7) is -0.0553. The highest BCUT2D eigenvalue weighted by molar-refractivity contribution is 7.98. The number of hydrogen-bond donors (Lipinski definition) is 2. The molecule has 8 heteroatoms. The number of aliphatic hydroxyl groups is 1. The maximum Gasteiger partial charge on any atom is 0.226 e.